The number of hydrogen-bond donors (Lipinski definition) is 2. The van der Waals surface area contributed by atoms with Crippen LogP contribution in [0.1, 0.15) is 19.3 Å². The van der Waals surface area contributed by atoms with Gasteiger partial charge in [-0.05, 0) is 25.0 Å². The highest BCUT2D eigenvalue weighted by atomic mass is 19.3. The molecule has 2 atom stereocenters. The van der Waals surface area contributed by atoms with Gasteiger partial charge in [-0.15, -0.1) is 5.10 Å². The van der Waals surface area contributed by atoms with E-state index >= 15 is 0 Å². The molecule has 0 aliphatic carbocycles. The Morgan fingerprint density at radius 2 is 2.41 bits per heavy atom. The summed E-state index contributed by atoms with van der Waals surface area (Å²) in [5.74, 6) is -2.37. The Bertz CT molecular complexity index is 527. The maximum atomic E-state index is 13.1. The first-order chi connectivity index (χ1) is 10.6. The predicted octanol–water partition coefficient (Wildman–Crippen LogP) is 0.559. The van der Waals surface area contributed by atoms with Crippen LogP contribution in [0.5, 0.6) is 0 Å². The molecule has 0 radical (unpaired) electrons. The summed E-state index contributed by atoms with van der Waals surface area (Å²) >= 11 is 0. The first-order valence-electron chi connectivity index (χ1n) is 7.48. The van der Waals surface area contributed by atoms with Gasteiger partial charge < -0.3 is 10.2 Å². The quantitative estimate of drug-likeness (QED) is 0.850. The van der Waals surface area contributed by atoms with E-state index in [0.717, 1.165) is 25.2 Å². The van der Waals surface area contributed by atoms with Gasteiger partial charge in [-0.25, -0.2) is 8.78 Å². The van der Waals surface area contributed by atoms with Gasteiger partial charge in [0.05, 0.1) is 12.6 Å². The highest BCUT2D eigenvalue weighted by molar-refractivity contribution is 5.82. The zero-order valence-electron chi connectivity index (χ0n) is 12.1. The topological polar surface area (TPSA) is 70.2 Å². The van der Waals surface area contributed by atoms with Crippen molar-refractivity contribution < 1.29 is 13.6 Å². The van der Waals surface area contributed by atoms with Crippen LogP contribution in [-0.4, -0.2) is 53.7 Å². The molecular weight excluding hydrogens is 292 g/mol. The van der Waals surface area contributed by atoms with Gasteiger partial charge in [0.15, 0.2) is 5.82 Å². The van der Waals surface area contributed by atoms with Gasteiger partial charge in [0, 0.05) is 31.7 Å². The molecule has 8 heteroatoms. The van der Waals surface area contributed by atoms with Gasteiger partial charge in [0.1, 0.15) is 0 Å². The van der Waals surface area contributed by atoms with Gasteiger partial charge in [-0.3, -0.25) is 10.1 Å². The van der Waals surface area contributed by atoms with Crippen molar-refractivity contribution >= 4 is 11.7 Å². The van der Waals surface area contributed by atoms with Crippen LogP contribution in [0, 0.1) is 0 Å². The molecule has 0 aromatic carbocycles. The van der Waals surface area contributed by atoms with Crippen LogP contribution in [0.15, 0.2) is 18.3 Å². The minimum Gasteiger partial charge on any atom is -0.353 e. The molecule has 2 aliphatic heterocycles. The fourth-order valence-corrected chi connectivity index (χ4v) is 3.04. The lowest BCUT2D eigenvalue weighted by Gasteiger charge is -2.25. The largest absolute Gasteiger partial charge is 0.353 e. The first-order valence-corrected chi connectivity index (χ1v) is 7.48. The van der Waals surface area contributed by atoms with E-state index in [-0.39, 0.29) is 11.9 Å². The van der Waals surface area contributed by atoms with Crippen molar-refractivity contribution in [2.45, 2.75) is 37.3 Å². The molecule has 1 aromatic rings. The van der Waals surface area contributed by atoms with E-state index < -0.39 is 24.9 Å². The van der Waals surface area contributed by atoms with E-state index in [9.17, 15) is 13.6 Å². The second-order valence-electron chi connectivity index (χ2n) is 5.81. The van der Waals surface area contributed by atoms with Crippen molar-refractivity contribution in [3.63, 3.8) is 0 Å². The smallest absolute Gasteiger partial charge is 0.262 e. The molecule has 2 N–H and O–H groups in total. The predicted molar refractivity (Wildman–Crippen MR) is 76.8 cm³/mol. The zero-order valence-corrected chi connectivity index (χ0v) is 12.1. The van der Waals surface area contributed by atoms with Crippen LogP contribution >= 0.6 is 0 Å². The lowest BCUT2D eigenvalue weighted by atomic mass is 10.1. The third-order valence-corrected chi connectivity index (χ3v) is 4.17. The Morgan fingerprint density at radius 1 is 1.55 bits per heavy atom. The molecule has 2 fully saturated rings. The van der Waals surface area contributed by atoms with E-state index in [1.807, 2.05) is 12.1 Å². The summed E-state index contributed by atoms with van der Waals surface area (Å²) in [4.78, 5) is 14.1. The number of aromatic nitrogens is 2. The molecule has 120 valence electrons. The van der Waals surface area contributed by atoms with Crippen LogP contribution < -0.4 is 15.5 Å². The zero-order chi connectivity index (χ0) is 15.6. The first kappa shape index (κ1) is 15.1. The van der Waals surface area contributed by atoms with Crippen molar-refractivity contribution in [2.24, 2.45) is 0 Å². The van der Waals surface area contributed by atoms with Crippen LogP contribution in [0.25, 0.3) is 0 Å². The van der Waals surface area contributed by atoms with Crippen molar-refractivity contribution in [3.05, 3.63) is 18.3 Å². The lowest BCUT2D eigenvalue weighted by molar-refractivity contribution is -0.123. The molecule has 3 heterocycles. The Labute approximate surface area is 127 Å². The van der Waals surface area contributed by atoms with Gasteiger partial charge in [-0.2, -0.15) is 5.10 Å². The maximum Gasteiger partial charge on any atom is 0.262 e. The summed E-state index contributed by atoms with van der Waals surface area (Å²) in [5.41, 5.74) is 0. The number of rotatable bonds is 4. The molecule has 0 spiro atoms. The Morgan fingerprint density at radius 3 is 3.09 bits per heavy atom. The molecule has 2 aliphatic rings. The van der Waals surface area contributed by atoms with Gasteiger partial charge in [0.25, 0.3) is 5.92 Å². The fourth-order valence-electron chi connectivity index (χ4n) is 3.04. The lowest BCUT2D eigenvalue weighted by Crippen LogP contribution is -2.46. The molecule has 1 aromatic heterocycles. The molecular formula is C14H19F2N5O. The van der Waals surface area contributed by atoms with Crippen LogP contribution in [0.4, 0.5) is 14.6 Å². The third-order valence-electron chi connectivity index (χ3n) is 4.17. The van der Waals surface area contributed by atoms with Gasteiger partial charge in [-0.1, -0.05) is 0 Å². The van der Waals surface area contributed by atoms with Gasteiger partial charge in [0.2, 0.25) is 5.91 Å². The minimum atomic E-state index is -2.79. The summed E-state index contributed by atoms with van der Waals surface area (Å²) in [5, 5.41) is 13.3. The van der Waals surface area contributed by atoms with Crippen LogP contribution in [0.2, 0.25) is 0 Å². The molecule has 3 rings (SSSR count). The number of hydrogen-bond acceptors (Lipinski definition) is 5. The van der Waals surface area contributed by atoms with Crippen LogP contribution in [0.3, 0.4) is 0 Å². The number of carbonyl (C=O) groups is 1. The molecule has 2 unspecified atom stereocenters. The number of carbonyl (C=O) groups excluding carboxylic acids is 1. The normalized spacial score (nSPS) is 27.1. The van der Waals surface area contributed by atoms with E-state index in [4.69, 9.17) is 0 Å². The highest BCUT2D eigenvalue weighted by Crippen LogP contribution is 2.25. The monoisotopic (exact) mass is 311 g/mol. The molecule has 1 amide bonds. The van der Waals surface area contributed by atoms with Crippen LogP contribution in [-0.2, 0) is 4.79 Å². The highest BCUT2D eigenvalue weighted by Gasteiger charge is 2.42. The van der Waals surface area contributed by atoms with E-state index in [2.05, 4.69) is 25.7 Å². The summed E-state index contributed by atoms with van der Waals surface area (Å²) in [6.45, 7) is 0.860. The Balaban J connectivity index is 1.54. The summed E-state index contributed by atoms with van der Waals surface area (Å²) < 4.78 is 26.2. The average molecular weight is 311 g/mol. The Hall–Kier alpha value is -1.83. The second-order valence-corrected chi connectivity index (χ2v) is 5.81. The van der Waals surface area contributed by atoms with Crippen molar-refractivity contribution in [3.8, 4) is 0 Å². The number of amides is 1. The SMILES string of the molecule is O=C(NCC1CCCN1c1cccnn1)C1CC(F)(F)CN1. The molecule has 0 bridgehead atoms. The second kappa shape index (κ2) is 6.12. The molecule has 22 heavy (non-hydrogen) atoms. The van der Waals surface area contributed by atoms with Crippen molar-refractivity contribution in [1.29, 1.82) is 0 Å². The van der Waals surface area contributed by atoms with E-state index in [0.29, 0.717) is 6.54 Å². The summed E-state index contributed by atoms with van der Waals surface area (Å²) in [6, 6.07) is 3.02. The summed E-state index contributed by atoms with van der Waals surface area (Å²) in [7, 11) is 0. The number of anilines is 1. The summed E-state index contributed by atoms with van der Waals surface area (Å²) in [6.07, 6.45) is 3.13. The number of nitrogens with zero attached hydrogens (tertiary/aromatic N) is 3. The van der Waals surface area contributed by atoms with Gasteiger partial charge >= 0.3 is 0 Å². The molecule has 6 nitrogen and oxygen atoms in total. The van der Waals surface area contributed by atoms with E-state index in [1.165, 1.54) is 0 Å². The fraction of sp³-hybridized carbons (Fsp3) is 0.643. The molecule has 0 saturated carbocycles. The number of alkyl halides is 2. The minimum absolute atomic E-state index is 0.127. The number of halogens is 2. The van der Waals surface area contributed by atoms with E-state index in [1.54, 1.807) is 6.20 Å². The van der Waals surface area contributed by atoms with Crippen molar-refractivity contribution in [2.75, 3.05) is 24.5 Å². The third kappa shape index (κ3) is 3.32. The number of nitrogens with one attached hydrogen (secondary N) is 2. The van der Waals surface area contributed by atoms with Crippen molar-refractivity contribution in [1.82, 2.24) is 20.8 Å². The average Bonchev–Trinajstić information content (AvgIpc) is 3.12. The maximum absolute atomic E-state index is 13.1. The molecule has 2 saturated heterocycles. The Kier molecular flexibility index (Phi) is 4.19. The standard InChI is InChI=1S/C14H19F2N5O/c15-14(16)7-11(18-9-14)13(22)17-8-10-3-2-6-21(10)12-4-1-5-19-20-12/h1,4-5,10-11,18H,2-3,6-9H2,(H,17,22).